The minimum atomic E-state index is 1.03. The average molecular weight is 195 g/mol. The van der Waals surface area contributed by atoms with Crippen LogP contribution in [0.15, 0.2) is 55.1 Å². The van der Waals surface area contributed by atoms with Crippen molar-refractivity contribution in [3.8, 4) is 5.69 Å². The zero-order chi connectivity index (χ0) is 10.1. The number of nitrogens with zero attached hydrogens (tertiary/aromatic N) is 3. The van der Waals surface area contributed by atoms with Crippen LogP contribution in [0.2, 0.25) is 0 Å². The standard InChI is InChI=1S/C12H9N3/c1-2-4-11-7-12(6-5-10(11)3-1)15-9-13-8-14-15/h1-9H. The normalized spacial score (nSPS) is 10.7. The van der Waals surface area contributed by atoms with E-state index in [2.05, 4.69) is 34.3 Å². The van der Waals surface area contributed by atoms with E-state index >= 15 is 0 Å². The summed E-state index contributed by atoms with van der Waals surface area (Å²) in [5.41, 5.74) is 1.03. The van der Waals surface area contributed by atoms with Crippen LogP contribution in [0.1, 0.15) is 0 Å². The summed E-state index contributed by atoms with van der Waals surface area (Å²) in [6.07, 6.45) is 3.24. The van der Waals surface area contributed by atoms with Gasteiger partial charge in [0.2, 0.25) is 0 Å². The van der Waals surface area contributed by atoms with Gasteiger partial charge in [-0.1, -0.05) is 30.3 Å². The summed E-state index contributed by atoms with van der Waals surface area (Å²) >= 11 is 0. The van der Waals surface area contributed by atoms with Gasteiger partial charge in [-0.25, -0.2) is 9.67 Å². The highest BCUT2D eigenvalue weighted by molar-refractivity contribution is 5.84. The molecule has 1 aromatic heterocycles. The number of fused-ring (bicyclic) bond motifs is 1. The lowest BCUT2D eigenvalue weighted by Gasteiger charge is -2.02. The van der Waals surface area contributed by atoms with Crippen LogP contribution in [0.5, 0.6) is 0 Å². The molecule has 3 aromatic rings. The van der Waals surface area contributed by atoms with Crippen molar-refractivity contribution in [2.45, 2.75) is 0 Å². The Kier molecular flexibility index (Phi) is 1.75. The van der Waals surface area contributed by atoms with Crippen LogP contribution < -0.4 is 0 Å². The quantitative estimate of drug-likeness (QED) is 0.597. The third kappa shape index (κ3) is 1.38. The first kappa shape index (κ1) is 8.17. The molecule has 0 aliphatic heterocycles. The Labute approximate surface area is 87.0 Å². The monoisotopic (exact) mass is 195 g/mol. The van der Waals surface area contributed by atoms with E-state index in [1.165, 1.54) is 17.1 Å². The molecule has 0 aliphatic carbocycles. The second kappa shape index (κ2) is 3.20. The van der Waals surface area contributed by atoms with E-state index in [4.69, 9.17) is 0 Å². The van der Waals surface area contributed by atoms with Crippen LogP contribution in [0.25, 0.3) is 16.5 Å². The van der Waals surface area contributed by atoms with Gasteiger partial charge in [0, 0.05) is 0 Å². The van der Waals surface area contributed by atoms with Gasteiger partial charge in [-0.05, 0) is 22.9 Å². The predicted molar refractivity (Wildman–Crippen MR) is 58.9 cm³/mol. The lowest BCUT2D eigenvalue weighted by atomic mass is 10.1. The van der Waals surface area contributed by atoms with Crippen LogP contribution in [-0.4, -0.2) is 14.8 Å². The van der Waals surface area contributed by atoms with Crippen LogP contribution >= 0.6 is 0 Å². The van der Waals surface area contributed by atoms with Gasteiger partial charge in [0.25, 0.3) is 0 Å². The minimum Gasteiger partial charge on any atom is -0.223 e. The lowest BCUT2D eigenvalue weighted by molar-refractivity contribution is 0.880. The van der Waals surface area contributed by atoms with Crippen molar-refractivity contribution in [3.63, 3.8) is 0 Å². The molecule has 0 spiro atoms. The molecule has 0 N–H and O–H groups in total. The summed E-state index contributed by atoms with van der Waals surface area (Å²) in [4.78, 5) is 3.93. The SMILES string of the molecule is c1ccc2cc(-n3cncn3)ccc2c1. The Morgan fingerprint density at radius 1 is 0.933 bits per heavy atom. The largest absolute Gasteiger partial charge is 0.223 e. The zero-order valence-electron chi connectivity index (χ0n) is 8.04. The van der Waals surface area contributed by atoms with Crippen molar-refractivity contribution in [2.24, 2.45) is 0 Å². The summed E-state index contributed by atoms with van der Waals surface area (Å²) in [6, 6.07) is 14.5. The summed E-state index contributed by atoms with van der Waals surface area (Å²) in [6.45, 7) is 0. The Balaban J connectivity index is 2.22. The summed E-state index contributed by atoms with van der Waals surface area (Å²) in [7, 11) is 0. The molecule has 0 fully saturated rings. The van der Waals surface area contributed by atoms with E-state index in [0.717, 1.165) is 5.69 Å². The van der Waals surface area contributed by atoms with Crippen molar-refractivity contribution in [3.05, 3.63) is 55.1 Å². The van der Waals surface area contributed by atoms with Gasteiger partial charge in [0.1, 0.15) is 12.7 Å². The van der Waals surface area contributed by atoms with Gasteiger partial charge in [-0.2, -0.15) is 5.10 Å². The Morgan fingerprint density at radius 3 is 2.60 bits per heavy atom. The van der Waals surface area contributed by atoms with E-state index < -0.39 is 0 Å². The van der Waals surface area contributed by atoms with Gasteiger partial charge in [-0.15, -0.1) is 0 Å². The molecule has 2 aromatic carbocycles. The van der Waals surface area contributed by atoms with Crippen LogP contribution in [0, 0.1) is 0 Å². The number of hydrogen-bond donors (Lipinski definition) is 0. The van der Waals surface area contributed by atoms with E-state index in [9.17, 15) is 0 Å². The fourth-order valence-electron chi connectivity index (χ4n) is 1.66. The molecule has 3 nitrogen and oxygen atoms in total. The molecule has 0 bridgehead atoms. The maximum Gasteiger partial charge on any atom is 0.138 e. The third-order valence-corrected chi connectivity index (χ3v) is 2.42. The topological polar surface area (TPSA) is 30.7 Å². The van der Waals surface area contributed by atoms with E-state index in [1.807, 2.05) is 18.2 Å². The summed E-state index contributed by atoms with van der Waals surface area (Å²) < 4.78 is 1.76. The fraction of sp³-hybridized carbons (Fsp3) is 0. The molecular weight excluding hydrogens is 186 g/mol. The first-order valence-electron chi connectivity index (χ1n) is 4.77. The van der Waals surface area contributed by atoms with Crippen molar-refractivity contribution >= 4 is 10.8 Å². The Hall–Kier alpha value is -2.16. The van der Waals surface area contributed by atoms with Gasteiger partial charge in [-0.3, -0.25) is 0 Å². The second-order valence-electron chi connectivity index (χ2n) is 3.37. The van der Waals surface area contributed by atoms with Gasteiger partial charge < -0.3 is 0 Å². The summed E-state index contributed by atoms with van der Waals surface area (Å²) in [5.74, 6) is 0. The zero-order valence-corrected chi connectivity index (χ0v) is 8.04. The molecule has 0 atom stereocenters. The van der Waals surface area contributed by atoms with Crippen molar-refractivity contribution in [2.75, 3.05) is 0 Å². The highest BCUT2D eigenvalue weighted by atomic mass is 15.3. The minimum absolute atomic E-state index is 1.03. The van der Waals surface area contributed by atoms with Crippen molar-refractivity contribution < 1.29 is 0 Å². The molecular formula is C12H9N3. The number of hydrogen-bond acceptors (Lipinski definition) is 2. The number of benzene rings is 2. The maximum atomic E-state index is 4.10. The lowest BCUT2D eigenvalue weighted by Crippen LogP contribution is -1.93. The average Bonchev–Trinajstić information content (AvgIpc) is 2.82. The molecule has 3 heteroatoms. The smallest absolute Gasteiger partial charge is 0.138 e. The second-order valence-corrected chi connectivity index (χ2v) is 3.37. The molecule has 15 heavy (non-hydrogen) atoms. The van der Waals surface area contributed by atoms with E-state index in [1.54, 1.807) is 11.0 Å². The first-order chi connectivity index (χ1) is 7.43. The third-order valence-electron chi connectivity index (χ3n) is 2.42. The van der Waals surface area contributed by atoms with Crippen molar-refractivity contribution in [1.82, 2.24) is 14.8 Å². The first-order valence-corrected chi connectivity index (χ1v) is 4.77. The number of aromatic nitrogens is 3. The highest BCUT2D eigenvalue weighted by Gasteiger charge is 1.97. The van der Waals surface area contributed by atoms with Gasteiger partial charge in [0.05, 0.1) is 5.69 Å². The van der Waals surface area contributed by atoms with E-state index in [-0.39, 0.29) is 0 Å². The molecule has 0 saturated heterocycles. The van der Waals surface area contributed by atoms with Crippen LogP contribution in [-0.2, 0) is 0 Å². The fourth-order valence-corrected chi connectivity index (χ4v) is 1.66. The molecule has 0 radical (unpaired) electrons. The van der Waals surface area contributed by atoms with Crippen LogP contribution in [0.3, 0.4) is 0 Å². The maximum absolute atomic E-state index is 4.10. The molecule has 3 rings (SSSR count). The van der Waals surface area contributed by atoms with E-state index in [0.29, 0.717) is 0 Å². The highest BCUT2D eigenvalue weighted by Crippen LogP contribution is 2.17. The predicted octanol–water partition coefficient (Wildman–Crippen LogP) is 2.42. The molecule has 72 valence electrons. The number of rotatable bonds is 1. The summed E-state index contributed by atoms with van der Waals surface area (Å²) in [5, 5.41) is 6.55. The van der Waals surface area contributed by atoms with Gasteiger partial charge >= 0.3 is 0 Å². The molecule has 0 aliphatic rings. The molecule has 0 amide bonds. The molecule has 0 unspecified atom stereocenters. The molecule has 0 saturated carbocycles. The Morgan fingerprint density at radius 2 is 1.80 bits per heavy atom. The Bertz CT molecular complexity index is 585. The van der Waals surface area contributed by atoms with Crippen molar-refractivity contribution in [1.29, 1.82) is 0 Å². The van der Waals surface area contributed by atoms with Crippen LogP contribution in [0.4, 0.5) is 0 Å². The van der Waals surface area contributed by atoms with Gasteiger partial charge in [0.15, 0.2) is 0 Å². The molecule has 1 heterocycles.